The fraction of sp³-hybridized carbons (Fsp3) is 0.333. The standard InChI is InChI=1S/C33H36N2O3/c1-4-5-19-38-25-17-15-24(16-18-25)32-31-27(21-33(2,3)22-29(31)36)34-26-13-9-10-14-28(26)35(32)30(37)20-23-11-7-6-8-12-23/h6-18,32,34H,4-5,19-22H2,1-3H3. The Morgan fingerprint density at radius 1 is 0.974 bits per heavy atom. The van der Waals surface area contributed by atoms with E-state index in [2.05, 4.69) is 26.1 Å². The second-order valence-electron chi connectivity index (χ2n) is 11.1. The Morgan fingerprint density at radius 2 is 1.68 bits per heavy atom. The number of anilines is 2. The van der Waals surface area contributed by atoms with Gasteiger partial charge in [-0.15, -0.1) is 0 Å². The largest absolute Gasteiger partial charge is 0.494 e. The minimum atomic E-state index is -0.536. The lowest BCUT2D eigenvalue weighted by Crippen LogP contribution is -2.40. The van der Waals surface area contributed by atoms with Gasteiger partial charge in [0.1, 0.15) is 5.75 Å². The summed E-state index contributed by atoms with van der Waals surface area (Å²) in [6.07, 6.45) is 3.48. The summed E-state index contributed by atoms with van der Waals surface area (Å²) in [6, 6.07) is 25.0. The van der Waals surface area contributed by atoms with Crippen molar-refractivity contribution in [3.05, 3.63) is 101 Å². The Morgan fingerprint density at radius 3 is 2.42 bits per heavy atom. The Kier molecular flexibility index (Phi) is 7.37. The number of ether oxygens (including phenoxy) is 1. The van der Waals surface area contributed by atoms with E-state index in [9.17, 15) is 9.59 Å². The lowest BCUT2D eigenvalue weighted by Gasteiger charge is -2.37. The highest BCUT2D eigenvalue weighted by Gasteiger charge is 2.43. The number of amides is 1. The van der Waals surface area contributed by atoms with Crippen molar-refractivity contribution in [1.82, 2.24) is 0 Å². The smallest absolute Gasteiger partial charge is 0.232 e. The molecule has 0 saturated heterocycles. The molecule has 1 amide bonds. The number of para-hydroxylation sites is 2. The number of benzene rings is 3. The van der Waals surface area contributed by atoms with E-state index in [-0.39, 0.29) is 23.5 Å². The van der Waals surface area contributed by atoms with Crippen molar-refractivity contribution in [2.24, 2.45) is 5.41 Å². The van der Waals surface area contributed by atoms with Gasteiger partial charge in [0.2, 0.25) is 5.91 Å². The molecular weight excluding hydrogens is 472 g/mol. The zero-order valence-electron chi connectivity index (χ0n) is 22.5. The molecule has 5 rings (SSSR count). The molecule has 196 valence electrons. The van der Waals surface area contributed by atoms with E-state index in [4.69, 9.17) is 4.74 Å². The Bertz CT molecular complexity index is 1340. The van der Waals surface area contributed by atoms with Crippen molar-refractivity contribution in [2.75, 3.05) is 16.8 Å². The van der Waals surface area contributed by atoms with Crippen LogP contribution in [0.3, 0.4) is 0 Å². The number of allylic oxidation sites excluding steroid dienone is 1. The number of hydrogen-bond acceptors (Lipinski definition) is 4. The third-order valence-electron chi connectivity index (χ3n) is 7.33. The van der Waals surface area contributed by atoms with Crippen molar-refractivity contribution < 1.29 is 14.3 Å². The van der Waals surface area contributed by atoms with Gasteiger partial charge in [0, 0.05) is 17.7 Å². The number of carbonyl (C=O) groups is 2. The summed E-state index contributed by atoms with van der Waals surface area (Å²) < 4.78 is 5.91. The van der Waals surface area contributed by atoms with Crippen LogP contribution in [0.1, 0.15) is 63.6 Å². The van der Waals surface area contributed by atoms with Crippen LogP contribution in [-0.2, 0) is 16.0 Å². The first kappa shape index (κ1) is 25.8. The Labute approximate surface area is 225 Å². The van der Waals surface area contributed by atoms with Crippen molar-refractivity contribution in [3.63, 3.8) is 0 Å². The molecule has 1 heterocycles. The van der Waals surface area contributed by atoms with Crippen LogP contribution in [0.5, 0.6) is 5.75 Å². The summed E-state index contributed by atoms with van der Waals surface area (Å²) in [5.74, 6) is 0.828. The number of ketones is 1. The number of fused-ring (bicyclic) bond motifs is 1. The van der Waals surface area contributed by atoms with Crippen LogP contribution < -0.4 is 15.0 Å². The minimum absolute atomic E-state index is 0.0508. The van der Waals surface area contributed by atoms with Crippen LogP contribution in [0, 0.1) is 5.41 Å². The van der Waals surface area contributed by atoms with Crippen LogP contribution in [-0.4, -0.2) is 18.3 Å². The molecule has 0 spiro atoms. The van der Waals surface area contributed by atoms with E-state index in [0.29, 0.717) is 18.6 Å². The van der Waals surface area contributed by atoms with Gasteiger partial charge in [0.15, 0.2) is 5.78 Å². The molecule has 5 nitrogen and oxygen atoms in total. The predicted molar refractivity (Wildman–Crippen MR) is 152 cm³/mol. The molecule has 0 saturated carbocycles. The number of nitrogens with zero attached hydrogens (tertiary/aromatic N) is 1. The summed E-state index contributed by atoms with van der Waals surface area (Å²) in [6.45, 7) is 7.06. The molecule has 1 unspecified atom stereocenters. The van der Waals surface area contributed by atoms with Gasteiger partial charge in [-0.05, 0) is 53.6 Å². The Hall–Kier alpha value is -3.86. The van der Waals surface area contributed by atoms with Crippen molar-refractivity contribution in [3.8, 4) is 5.75 Å². The van der Waals surface area contributed by atoms with Gasteiger partial charge in [-0.3, -0.25) is 14.5 Å². The molecule has 2 aliphatic rings. The van der Waals surface area contributed by atoms with E-state index in [1.54, 1.807) is 0 Å². The average molecular weight is 509 g/mol. The summed E-state index contributed by atoms with van der Waals surface area (Å²) in [4.78, 5) is 29.8. The maximum atomic E-state index is 14.2. The van der Waals surface area contributed by atoms with Crippen LogP contribution in [0.25, 0.3) is 0 Å². The van der Waals surface area contributed by atoms with E-state index < -0.39 is 6.04 Å². The second-order valence-corrected chi connectivity index (χ2v) is 11.1. The minimum Gasteiger partial charge on any atom is -0.494 e. The SMILES string of the molecule is CCCCOc1ccc(C2C3=C(CC(C)(C)CC3=O)Nc3ccccc3N2C(=O)Cc2ccccc2)cc1. The first-order chi connectivity index (χ1) is 18.4. The van der Waals surface area contributed by atoms with E-state index in [1.807, 2.05) is 83.8 Å². The predicted octanol–water partition coefficient (Wildman–Crippen LogP) is 7.25. The normalized spacial score (nSPS) is 18.2. The maximum Gasteiger partial charge on any atom is 0.232 e. The Balaban J connectivity index is 1.64. The molecule has 0 radical (unpaired) electrons. The van der Waals surface area contributed by atoms with Gasteiger partial charge < -0.3 is 10.1 Å². The molecular formula is C33H36N2O3. The third-order valence-corrected chi connectivity index (χ3v) is 7.33. The molecule has 3 aromatic carbocycles. The van der Waals surface area contributed by atoms with Crippen LogP contribution >= 0.6 is 0 Å². The molecule has 3 aromatic rings. The summed E-state index contributed by atoms with van der Waals surface area (Å²) >= 11 is 0. The summed E-state index contributed by atoms with van der Waals surface area (Å²) in [5.41, 5.74) is 4.88. The zero-order valence-corrected chi connectivity index (χ0v) is 22.5. The first-order valence-corrected chi connectivity index (χ1v) is 13.6. The van der Waals surface area contributed by atoms with Crippen molar-refractivity contribution in [2.45, 2.75) is 58.9 Å². The molecule has 5 heteroatoms. The monoisotopic (exact) mass is 508 g/mol. The lowest BCUT2D eigenvalue weighted by atomic mass is 9.73. The number of hydrogen-bond donors (Lipinski definition) is 1. The number of carbonyl (C=O) groups excluding carboxylic acids is 2. The first-order valence-electron chi connectivity index (χ1n) is 13.6. The average Bonchev–Trinajstić information content (AvgIpc) is 3.03. The third kappa shape index (κ3) is 5.38. The fourth-order valence-electron chi connectivity index (χ4n) is 5.51. The van der Waals surface area contributed by atoms with E-state index >= 15 is 0 Å². The van der Waals surface area contributed by atoms with E-state index in [0.717, 1.165) is 53.2 Å². The lowest BCUT2D eigenvalue weighted by molar-refractivity contribution is -0.119. The topological polar surface area (TPSA) is 58.6 Å². The fourth-order valence-corrected chi connectivity index (χ4v) is 5.51. The maximum absolute atomic E-state index is 14.2. The highest BCUT2D eigenvalue weighted by atomic mass is 16.5. The molecule has 1 atom stereocenters. The van der Waals surface area contributed by atoms with E-state index in [1.165, 1.54) is 0 Å². The second kappa shape index (κ2) is 10.9. The van der Waals surface area contributed by atoms with Crippen molar-refractivity contribution in [1.29, 1.82) is 0 Å². The van der Waals surface area contributed by atoms with Crippen LogP contribution in [0.2, 0.25) is 0 Å². The van der Waals surface area contributed by atoms with Crippen LogP contribution in [0.15, 0.2) is 90.1 Å². The van der Waals surface area contributed by atoms with Gasteiger partial charge in [-0.2, -0.15) is 0 Å². The highest BCUT2D eigenvalue weighted by molar-refractivity contribution is 6.06. The molecule has 0 aromatic heterocycles. The van der Waals surface area contributed by atoms with Gasteiger partial charge in [0.25, 0.3) is 0 Å². The molecule has 0 fully saturated rings. The number of Topliss-reactive ketones (excluding diaryl/α,β-unsaturated/α-hetero) is 1. The molecule has 38 heavy (non-hydrogen) atoms. The van der Waals surface area contributed by atoms with Gasteiger partial charge in [-0.1, -0.05) is 81.8 Å². The van der Waals surface area contributed by atoms with Crippen LogP contribution in [0.4, 0.5) is 11.4 Å². The quantitative estimate of drug-likeness (QED) is 0.342. The van der Waals surface area contributed by atoms with Gasteiger partial charge >= 0.3 is 0 Å². The summed E-state index contributed by atoms with van der Waals surface area (Å²) in [7, 11) is 0. The van der Waals surface area contributed by atoms with Gasteiger partial charge in [-0.25, -0.2) is 0 Å². The molecule has 0 bridgehead atoms. The number of nitrogens with one attached hydrogen (secondary N) is 1. The van der Waals surface area contributed by atoms with Crippen molar-refractivity contribution >= 4 is 23.1 Å². The number of unbranched alkanes of at least 4 members (excludes halogenated alkanes) is 1. The number of rotatable bonds is 7. The van der Waals surface area contributed by atoms with Gasteiger partial charge in [0.05, 0.1) is 30.4 Å². The highest BCUT2D eigenvalue weighted by Crippen LogP contribution is 2.48. The molecule has 1 N–H and O–H groups in total. The summed E-state index contributed by atoms with van der Waals surface area (Å²) in [5, 5.41) is 3.58. The molecule has 1 aliphatic carbocycles. The molecule has 1 aliphatic heterocycles. The zero-order chi connectivity index (χ0) is 26.7.